The molecule has 1 heterocycles. The number of likely N-dealkylation sites (tertiary alicyclic amines) is 1. The molecule has 1 atom stereocenters. The molecule has 3 heteroatoms. The average Bonchev–Trinajstić information content (AvgIpc) is 2.08. The van der Waals surface area contributed by atoms with Gasteiger partial charge in [-0.3, -0.25) is 9.69 Å². The van der Waals surface area contributed by atoms with Gasteiger partial charge < -0.3 is 5.11 Å². The standard InChI is InChI=1S/C7H13NO2.C2H6/c1-8-5-3-2-4-6(8)7(9)10;1-2/h6H,2-5H2,1H3,(H,9,10);1-2H3. The molecule has 0 saturated carbocycles. The van der Waals surface area contributed by atoms with E-state index in [1.54, 1.807) is 0 Å². The first-order chi connectivity index (χ1) is 5.72. The van der Waals surface area contributed by atoms with Gasteiger partial charge >= 0.3 is 5.97 Å². The second kappa shape index (κ2) is 6.00. The monoisotopic (exact) mass is 173 g/mol. The fourth-order valence-electron chi connectivity index (χ4n) is 1.39. The Balaban J connectivity index is 0.000000561. The van der Waals surface area contributed by atoms with E-state index in [1.807, 2.05) is 25.8 Å². The first kappa shape index (κ1) is 11.4. The molecule has 0 bridgehead atoms. The summed E-state index contributed by atoms with van der Waals surface area (Å²) < 4.78 is 0. The summed E-state index contributed by atoms with van der Waals surface area (Å²) in [6, 6.07) is -0.228. The molecule has 12 heavy (non-hydrogen) atoms. The van der Waals surface area contributed by atoms with Gasteiger partial charge in [0, 0.05) is 0 Å². The maximum absolute atomic E-state index is 10.5. The SMILES string of the molecule is CC.CN1CCCCC1C(=O)O. The van der Waals surface area contributed by atoms with Crippen LogP contribution in [0, 0.1) is 0 Å². The molecule has 0 radical (unpaired) electrons. The summed E-state index contributed by atoms with van der Waals surface area (Å²) in [5.74, 6) is -0.679. The molecule has 0 spiro atoms. The van der Waals surface area contributed by atoms with Crippen LogP contribution >= 0.6 is 0 Å². The summed E-state index contributed by atoms with van der Waals surface area (Å²) in [4.78, 5) is 12.4. The third-order valence-corrected chi connectivity index (χ3v) is 2.06. The summed E-state index contributed by atoms with van der Waals surface area (Å²) in [6.07, 6.45) is 3.01. The van der Waals surface area contributed by atoms with Gasteiger partial charge in [0.05, 0.1) is 0 Å². The molecule has 0 aromatic heterocycles. The van der Waals surface area contributed by atoms with Gasteiger partial charge in [0.25, 0.3) is 0 Å². The largest absolute Gasteiger partial charge is 0.480 e. The number of hydrogen-bond acceptors (Lipinski definition) is 2. The predicted molar refractivity (Wildman–Crippen MR) is 49.3 cm³/mol. The van der Waals surface area contributed by atoms with E-state index in [-0.39, 0.29) is 6.04 Å². The van der Waals surface area contributed by atoms with Gasteiger partial charge in [0.1, 0.15) is 6.04 Å². The molecule has 1 saturated heterocycles. The number of piperidine rings is 1. The molecule has 72 valence electrons. The zero-order valence-corrected chi connectivity index (χ0v) is 8.21. The predicted octanol–water partition coefficient (Wildman–Crippen LogP) is 1.58. The van der Waals surface area contributed by atoms with Crippen molar-refractivity contribution < 1.29 is 9.90 Å². The molecule has 1 rings (SSSR count). The number of carboxylic acids is 1. The minimum Gasteiger partial charge on any atom is -0.480 e. The lowest BCUT2D eigenvalue weighted by molar-refractivity contribution is -0.143. The zero-order chi connectivity index (χ0) is 9.56. The maximum Gasteiger partial charge on any atom is 0.320 e. The van der Waals surface area contributed by atoms with Crippen LogP contribution in [0.1, 0.15) is 33.1 Å². The van der Waals surface area contributed by atoms with Crippen LogP contribution in [0.2, 0.25) is 0 Å². The van der Waals surface area contributed by atoms with Crippen molar-refractivity contribution in [3.63, 3.8) is 0 Å². The molecule has 0 aliphatic carbocycles. The lowest BCUT2D eigenvalue weighted by atomic mass is 10.0. The third kappa shape index (κ3) is 3.22. The van der Waals surface area contributed by atoms with Gasteiger partial charge in [0.2, 0.25) is 0 Å². The van der Waals surface area contributed by atoms with Crippen molar-refractivity contribution in [1.82, 2.24) is 4.90 Å². The Kier molecular flexibility index (Phi) is 5.72. The number of hydrogen-bond donors (Lipinski definition) is 1. The van der Waals surface area contributed by atoms with E-state index in [0.29, 0.717) is 0 Å². The Morgan fingerprint density at radius 2 is 2.00 bits per heavy atom. The average molecular weight is 173 g/mol. The van der Waals surface area contributed by atoms with Crippen LogP contribution < -0.4 is 0 Å². The van der Waals surface area contributed by atoms with Crippen molar-refractivity contribution in [1.29, 1.82) is 0 Å². The van der Waals surface area contributed by atoms with Gasteiger partial charge in [-0.15, -0.1) is 0 Å². The van der Waals surface area contributed by atoms with Crippen molar-refractivity contribution >= 4 is 5.97 Å². The van der Waals surface area contributed by atoms with Crippen molar-refractivity contribution in [3.05, 3.63) is 0 Å². The number of carbonyl (C=O) groups is 1. The lowest BCUT2D eigenvalue weighted by Crippen LogP contribution is -2.41. The number of carboxylic acid groups (broad SMARTS) is 1. The Labute approximate surface area is 74.4 Å². The second-order valence-corrected chi connectivity index (χ2v) is 2.83. The Morgan fingerprint density at radius 3 is 2.33 bits per heavy atom. The molecule has 1 unspecified atom stereocenters. The van der Waals surface area contributed by atoms with Crippen LogP contribution in [-0.4, -0.2) is 35.6 Å². The normalized spacial score (nSPS) is 24.1. The summed E-state index contributed by atoms with van der Waals surface area (Å²) >= 11 is 0. The van der Waals surface area contributed by atoms with Gasteiger partial charge in [-0.25, -0.2) is 0 Å². The number of nitrogens with zero attached hydrogens (tertiary/aromatic N) is 1. The molecule has 0 aromatic carbocycles. The van der Waals surface area contributed by atoms with Crippen LogP contribution in [-0.2, 0) is 4.79 Å². The van der Waals surface area contributed by atoms with E-state index < -0.39 is 5.97 Å². The fraction of sp³-hybridized carbons (Fsp3) is 0.889. The third-order valence-electron chi connectivity index (χ3n) is 2.06. The van der Waals surface area contributed by atoms with Crippen molar-refractivity contribution in [3.8, 4) is 0 Å². The first-order valence-corrected chi connectivity index (χ1v) is 4.65. The second-order valence-electron chi connectivity index (χ2n) is 2.83. The number of rotatable bonds is 1. The summed E-state index contributed by atoms with van der Waals surface area (Å²) in [6.45, 7) is 4.93. The maximum atomic E-state index is 10.5. The van der Waals surface area contributed by atoms with Crippen molar-refractivity contribution in [2.75, 3.05) is 13.6 Å². The molecule has 1 aliphatic heterocycles. The van der Waals surface area contributed by atoms with E-state index in [9.17, 15) is 4.79 Å². The van der Waals surface area contributed by atoms with Crippen LogP contribution in [0.5, 0.6) is 0 Å². The van der Waals surface area contributed by atoms with Gasteiger partial charge in [-0.05, 0) is 26.4 Å². The van der Waals surface area contributed by atoms with Crippen molar-refractivity contribution in [2.24, 2.45) is 0 Å². The lowest BCUT2D eigenvalue weighted by Gasteiger charge is -2.28. The summed E-state index contributed by atoms with van der Waals surface area (Å²) in [5.41, 5.74) is 0. The topological polar surface area (TPSA) is 40.5 Å². The van der Waals surface area contributed by atoms with Gasteiger partial charge in [-0.2, -0.15) is 0 Å². The Morgan fingerprint density at radius 1 is 1.42 bits per heavy atom. The van der Waals surface area contributed by atoms with E-state index in [4.69, 9.17) is 5.11 Å². The first-order valence-electron chi connectivity index (χ1n) is 4.65. The minimum absolute atomic E-state index is 0.228. The molecule has 0 aromatic rings. The molecule has 3 nitrogen and oxygen atoms in total. The van der Waals surface area contributed by atoms with Gasteiger partial charge in [-0.1, -0.05) is 20.3 Å². The Hall–Kier alpha value is -0.570. The van der Waals surface area contributed by atoms with Crippen LogP contribution in [0.3, 0.4) is 0 Å². The Bertz CT molecular complexity index is 136. The number of likely N-dealkylation sites (N-methyl/N-ethyl adjacent to an activating group) is 1. The van der Waals surface area contributed by atoms with E-state index in [2.05, 4.69) is 0 Å². The van der Waals surface area contributed by atoms with Crippen LogP contribution in [0.25, 0.3) is 0 Å². The molecule has 1 aliphatic rings. The van der Waals surface area contributed by atoms with E-state index in [1.165, 1.54) is 0 Å². The highest BCUT2D eigenvalue weighted by atomic mass is 16.4. The minimum atomic E-state index is -0.679. The van der Waals surface area contributed by atoms with E-state index >= 15 is 0 Å². The quantitative estimate of drug-likeness (QED) is 0.654. The molecule has 0 amide bonds. The highest BCUT2D eigenvalue weighted by Crippen LogP contribution is 2.14. The highest BCUT2D eigenvalue weighted by molar-refractivity contribution is 5.73. The summed E-state index contributed by atoms with van der Waals surface area (Å²) in [7, 11) is 1.87. The fourth-order valence-corrected chi connectivity index (χ4v) is 1.39. The molecule has 1 fully saturated rings. The molecular weight excluding hydrogens is 154 g/mol. The smallest absolute Gasteiger partial charge is 0.320 e. The van der Waals surface area contributed by atoms with Crippen LogP contribution in [0.4, 0.5) is 0 Å². The van der Waals surface area contributed by atoms with Gasteiger partial charge in [0.15, 0.2) is 0 Å². The number of aliphatic carboxylic acids is 1. The zero-order valence-electron chi connectivity index (χ0n) is 8.21. The van der Waals surface area contributed by atoms with Crippen molar-refractivity contribution in [2.45, 2.75) is 39.2 Å². The summed E-state index contributed by atoms with van der Waals surface area (Å²) in [5, 5.41) is 8.67. The van der Waals surface area contributed by atoms with Crippen LogP contribution in [0.15, 0.2) is 0 Å². The van der Waals surface area contributed by atoms with E-state index in [0.717, 1.165) is 25.8 Å². The highest BCUT2D eigenvalue weighted by Gasteiger charge is 2.24. The molecule has 1 N–H and O–H groups in total. The molecular formula is C9H19NO2.